The van der Waals surface area contributed by atoms with Crippen molar-refractivity contribution < 1.29 is 9.13 Å². The average Bonchev–Trinajstić information content (AvgIpc) is 2.99. The Kier molecular flexibility index (Phi) is 2.32. The standard InChI is InChI=1S/C11H9ClFNO/c1-15-10-4-7(9(13)5-8(10)12)11(6-14)2-3-11/h4-5H,2-3H2,1H3. The van der Waals surface area contributed by atoms with Crippen LogP contribution in [0.25, 0.3) is 0 Å². The van der Waals surface area contributed by atoms with Gasteiger partial charge in [-0.25, -0.2) is 4.39 Å². The number of benzene rings is 1. The molecule has 0 unspecified atom stereocenters. The van der Waals surface area contributed by atoms with Gasteiger partial charge < -0.3 is 4.74 Å². The number of hydrogen-bond donors (Lipinski definition) is 0. The van der Waals surface area contributed by atoms with Gasteiger partial charge in [-0.1, -0.05) is 11.6 Å². The molecule has 0 saturated heterocycles. The second-order valence-electron chi connectivity index (χ2n) is 3.66. The summed E-state index contributed by atoms with van der Waals surface area (Å²) < 4.78 is 18.6. The summed E-state index contributed by atoms with van der Waals surface area (Å²) in [5.74, 6) is -0.0190. The van der Waals surface area contributed by atoms with Gasteiger partial charge in [0, 0.05) is 5.56 Å². The van der Waals surface area contributed by atoms with E-state index in [1.807, 2.05) is 0 Å². The van der Waals surface area contributed by atoms with Crippen molar-refractivity contribution in [3.8, 4) is 11.8 Å². The Morgan fingerprint density at radius 3 is 2.67 bits per heavy atom. The summed E-state index contributed by atoms with van der Waals surface area (Å²) in [6.07, 6.45) is 1.40. The van der Waals surface area contributed by atoms with Crippen LogP contribution >= 0.6 is 11.6 Å². The van der Waals surface area contributed by atoms with Gasteiger partial charge in [-0.2, -0.15) is 5.26 Å². The largest absolute Gasteiger partial charge is 0.495 e. The Morgan fingerprint density at radius 1 is 1.53 bits per heavy atom. The van der Waals surface area contributed by atoms with Gasteiger partial charge in [0.15, 0.2) is 0 Å². The molecule has 0 bridgehead atoms. The van der Waals surface area contributed by atoms with Crippen molar-refractivity contribution in [1.82, 2.24) is 0 Å². The van der Waals surface area contributed by atoms with Crippen LogP contribution < -0.4 is 4.74 Å². The van der Waals surface area contributed by atoms with Crippen LogP contribution in [0.15, 0.2) is 12.1 Å². The maximum atomic E-state index is 13.6. The summed E-state index contributed by atoms with van der Waals surface area (Å²) >= 11 is 5.77. The molecule has 1 fully saturated rings. The minimum absolute atomic E-state index is 0.229. The zero-order valence-corrected chi connectivity index (χ0v) is 8.94. The molecule has 78 valence electrons. The molecule has 1 aromatic rings. The number of methoxy groups -OCH3 is 1. The monoisotopic (exact) mass is 225 g/mol. The smallest absolute Gasteiger partial charge is 0.137 e. The van der Waals surface area contributed by atoms with E-state index in [0.717, 1.165) is 0 Å². The molecule has 0 atom stereocenters. The van der Waals surface area contributed by atoms with Crippen molar-refractivity contribution in [2.45, 2.75) is 18.3 Å². The molecule has 0 N–H and O–H groups in total. The molecule has 0 heterocycles. The van der Waals surface area contributed by atoms with E-state index in [9.17, 15) is 4.39 Å². The molecule has 1 aromatic carbocycles. The molecule has 1 aliphatic rings. The number of halogens is 2. The molecule has 4 heteroatoms. The van der Waals surface area contributed by atoms with Crippen LogP contribution in [-0.4, -0.2) is 7.11 Å². The molecule has 15 heavy (non-hydrogen) atoms. The van der Waals surface area contributed by atoms with Crippen LogP contribution in [-0.2, 0) is 5.41 Å². The lowest BCUT2D eigenvalue weighted by molar-refractivity contribution is 0.412. The highest BCUT2D eigenvalue weighted by atomic mass is 35.5. The molecule has 0 amide bonds. The number of hydrogen-bond acceptors (Lipinski definition) is 2. The summed E-state index contributed by atoms with van der Waals surface area (Å²) in [7, 11) is 1.47. The van der Waals surface area contributed by atoms with Crippen molar-refractivity contribution in [2.75, 3.05) is 7.11 Å². The van der Waals surface area contributed by atoms with E-state index < -0.39 is 11.2 Å². The fourth-order valence-corrected chi connectivity index (χ4v) is 1.85. The van der Waals surface area contributed by atoms with E-state index in [0.29, 0.717) is 24.2 Å². The number of nitriles is 1. The van der Waals surface area contributed by atoms with Gasteiger partial charge in [-0.05, 0) is 25.0 Å². The van der Waals surface area contributed by atoms with Gasteiger partial charge in [-0.3, -0.25) is 0 Å². The lowest BCUT2D eigenvalue weighted by Crippen LogP contribution is -2.06. The number of nitrogens with zero attached hydrogens (tertiary/aromatic N) is 1. The minimum atomic E-state index is -0.651. The second kappa shape index (κ2) is 3.39. The predicted molar refractivity (Wildman–Crippen MR) is 54.5 cm³/mol. The Morgan fingerprint density at radius 2 is 2.20 bits per heavy atom. The Bertz CT molecular complexity index is 449. The van der Waals surface area contributed by atoms with Crippen LogP contribution in [0.1, 0.15) is 18.4 Å². The maximum absolute atomic E-state index is 13.6. The summed E-state index contributed by atoms with van der Waals surface area (Å²) in [4.78, 5) is 0. The SMILES string of the molecule is COc1cc(C2(C#N)CC2)c(F)cc1Cl. The number of rotatable bonds is 2. The Labute approximate surface area is 92.2 Å². The lowest BCUT2D eigenvalue weighted by Gasteiger charge is -2.11. The number of ether oxygens (including phenoxy) is 1. The summed E-state index contributed by atoms with van der Waals surface area (Å²) in [5.41, 5.74) is -0.256. The molecule has 0 spiro atoms. The first-order valence-corrected chi connectivity index (χ1v) is 4.95. The van der Waals surface area contributed by atoms with Crippen LogP contribution in [0.4, 0.5) is 4.39 Å². The van der Waals surface area contributed by atoms with E-state index in [1.165, 1.54) is 19.2 Å². The highest BCUT2D eigenvalue weighted by molar-refractivity contribution is 6.32. The van der Waals surface area contributed by atoms with Crippen LogP contribution in [0, 0.1) is 17.1 Å². The zero-order chi connectivity index (χ0) is 11.1. The van der Waals surface area contributed by atoms with Crippen LogP contribution in [0.3, 0.4) is 0 Å². The van der Waals surface area contributed by atoms with Crippen LogP contribution in [0.2, 0.25) is 5.02 Å². The van der Waals surface area contributed by atoms with Gasteiger partial charge in [0.2, 0.25) is 0 Å². The molecular formula is C11H9ClFNO. The third-order valence-corrected chi connectivity index (χ3v) is 3.02. The van der Waals surface area contributed by atoms with Crippen molar-refractivity contribution in [3.63, 3.8) is 0 Å². The molecule has 2 rings (SSSR count). The van der Waals surface area contributed by atoms with Crippen molar-refractivity contribution >= 4 is 11.6 Å². The third kappa shape index (κ3) is 1.55. The van der Waals surface area contributed by atoms with Gasteiger partial charge in [0.25, 0.3) is 0 Å². The molecule has 0 radical (unpaired) electrons. The molecular weight excluding hydrogens is 217 g/mol. The summed E-state index contributed by atoms with van der Waals surface area (Å²) in [5, 5.41) is 9.21. The Hall–Kier alpha value is -1.27. The lowest BCUT2D eigenvalue weighted by atomic mass is 9.97. The van der Waals surface area contributed by atoms with Gasteiger partial charge in [0.05, 0.1) is 23.6 Å². The predicted octanol–water partition coefficient (Wildman–Crippen LogP) is 3.04. The quantitative estimate of drug-likeness (QED) is 0.775. The fourth-order valence-electron chi connectivity index (χ4n) is 1.62. The van der Waals surface area contributed by atoms with Crippen molar-refractivity contribution in [3.05, 3.63) is 28.5 Å². The average molecular weight is 226 g/mol. The van der Waals surface area contributed by atoms with E-state index in [4.69, 9.17) is 21.6 Å². The summed E-state index contributed by atoms with van der Waals surface area (Å²) in [6.45, 7) is 0. The van der Waals surface area contributed by atoms with Crippen LogP contribution in [0.5, 0.6) is 5.75 Å². The Balaban J connectivity index is 2.54. The first kappa shape index (κ1) is 10.3. The molecule has 0 aliphatic heterocycles. The topological polar surface area (TPSA) is 33.0 Å². The molecule has 1 saturated carbocycles. The summed E-state index contributed by atoms with van der Waals surface area (Å²) in [6, 6.07) is 4.86. The zero-order valence-electron chi connectivity index (χ0n) is 8.18. The maximum Gasteiger partial charge on any atom is 0.137 e. The first-order chi connectivity index (χ1) is 7.13. The van der Waals surface area contributed by atoms with E-state index in [2.05, 4.69) is 6.07 Å². The van der Waals surface area contributed by atoms with Gasteiger partial charge in [-0.15, -0.1) is 0 Å². The van der Waals surface area contributed by atoms with Crippen molar-refractivity contribution in [2.24, 2.45) is 0 Å². The highest BCUT2D eigenvalue weighted by Gasteiger charge is 2.47. The normalized spacial score (nSPS) is 16.9. The van der Waals surface area contributed by atoms with E-state index in [1.54, 1.807) is 0 Å². The second-order valence-corrected chi connectivity index (χ2v) is 4.07. The van der Waals surface area contributed by atoms with E-state index in [-0.39, 0.29) is 5.02 Å². The highest BCUT2D eigenvalue weighted by Crippen LogP contribution is 2.49. The minimum Gasteiger partial charge on any atom is -0.495 e. The van der Waals surface area contributed by atoms with Crippen molar-refractivity contribution in [1.29, 1.82) is 5.26 Å². The van der Waals surface area contributed by atoms with Gasteiger partial charge in [0.1, 0.15) is 11.6 Å². The first-order valence-electron chi connectivity index (χ1n) is 4.58. The fraction of sp³-hybridized carbons (Fsp3) is 0.364. The molecule has 2 nitrogen and oxygen atoms in total. The third-order valence-electron chi connectivity index (χ3n) is 2.72. The van der Waals surface area contributed by atoms with E-state index >= 15 is 0 Å². The molecule has 0 aromatic heterocycles. The van der Waals surface area contributed by atoms with Gasteiger partial charge >= 0.3 is 0 Å². The molecule has 1 aliphatic carbocycles.